The lowest BCUT2D eigenvalue weighted by Gasteiger charge is -2.20. The van der Waals surface area contributed by atoms with E-state index in [-0.39, 0.29) is 25.6 Å². The van der Waals surface area contributed by atoms with Crippen molar-refractivity contribution in [3.8, 4) is 0 Å². The number of nitrogens with zero attached hydrogens (tertiary/aromatic N) is 2. The molecule has 0 aliphatic rings. The predicted molar refractivity (Wildman–Crippen MR) is 83.7 cm³/mol. The Morgan fingerprint density at radius 2 is 2.18 bits per heavy atom. The van der Waals surface area contributed by atoms with Gasteiger partial charge in [0.05, 0.1) is 18.2 Å². The maximum atomic E-state index is 12.7. The van der Waals surface area contributed by atoms with Crippen molar-refractivity contribution >= 4 is 28.4 Å². The molecule has 7 heteroatoms. The third-order valence-corrected chi connectivity index (χ3v) is 3.80. The second-order valence-electron chi connectivity index (χ2n) is 4.85. The van der Waals surface area contributed by atoms with Gasteiger partial charge in [-0.25, -0.2) is 4.98 Å². The highest BCUT2D eigenvalue weighted by Gasteiger charge is 2.22. The molecule has 0 fully saturated rings. The summed E-state index contributed by atoms with van der Waals surface area (Å²) in [6.45, 7) is 0.341. The van der Waals surface area contributed by atoms with Crippen LogP contribution in [0.25, 0.3) is 10.9 Å². The van der Waals surface area contributed by atoms with E-state index in [1.165, 1.54) is 4.90 Å². The standard InChI is InChI=1S/C15H15ClN4O2/c16-13-10-3-1-2-4-11(10)19-14(13)15(22)20(7-8-21)9-12-17-5-6-18-12/h1-6,19,21H,7-9H2,(H,17,18). The summed E-state index contributed by atoms with van der Waals surface area (Å²) in [6, 6.07) is 7.46. The predicted octanol–water partition coefficient (Wildman–Crippen LogP) is 2.18. The van der Waals surface area contributed by atoms with Crippen LogP contribution in [0.5, 0.6) is 0 Å². The summed E-state index contributed by atoms with van der Waals surface area (Å²) >= 11 is 6.31. The molecule has 0 radical (unpaired) electrons. The van der Waals surface area contributed by atoms with E-state index in [0.29, 0.717) is 16.5 Å². The maximum Gasteiger partial charge on any atom is 0.272 e. The molecule has 1 aromatic carbocycles. The molecular formula is C15H15ClN4O2. The van der Waals surface area contributed by atoms with Crippen molar-refractivity contribution in [2.75, 3.05) is 13.2 Å². The first-order chi connectivity index (χ1) is 10.7. The number of amides is 1. The Labute approximate surface area is 131 Å². The average molecular weight is 319 g/mol. The monoisotopic (exact) mass is 318 g/mol. The topological polar surface area (TPSA) is 85.0 Å². The molecule has 22 heavy (non-hydrogen) atoms. The summed E-state index contributed by atoms with van der Waals surface area (Å²) in [7, 11) is 0. The number of aromatic nitrogens is 3. The van der Waals surface area contributed by atoms with Crippen molar-refractivity contribution in [2.45, 2.75) is 6.54 Å². The number of benzene rings is 1. The molecule has 3 rings (SSSR count). The minimum absolute atomic E-state index is 0.135. The highest BCUT2D eigenvalue weighted by molar-refractivity contribution is 6.38. The Balaban J connectivity index is 1.92. The molecule has 3 aromatic rings. The van der Waals surface area contributed by atoms with Crippen molar-refractivity contribution < 1.29 is 9.90 Å². The summed E-state index contributed by atoms with van der Waals surface area (Å²) in [6.07, 6.45) is 3.31. The molecule has 114 valence electrons. The van der Waals surface area contributed by atoms with E-state index in [1.807, 2.05) is 24.3 Å². The highest BCUT2D eigenvalue weighted by atomic mass is 35.5. The van der Waals surface area contributed by atoms with Gasteiger partial charge in [0.25, 0.3) is 5.91 Å². The lowest BCUT2D eigenvalue weighted by atomic mass is 10.2. The van der Waals surface area contributed by atoms with Gasteiger partial charge in [0, 0.05) is 29.8 Å². The number of aliphatic hydroxyl groups is 1. The van der Waals surface area contributed by atoms with E-state index < -0.39 is 0 Å². The van der Waals surface area contributed by atoms with Crippen molar-refractivity contribution in [3.05, 3.63) is 53.2 Å². The van der Waals surface area contributed by atoms with Gasteiger partial charge in [0.1, 0.15) is 11.5 Å². The summed E-state index contributed by atoms with van der Waals surface area (Å²) in [5.74, 6) is 0.376. The molecule has 0 saturated heterocycles. The summed E-state index contributed by atoms with van der Waals surface area (Å²) in [5, 5.41) is 10.4. The number of hydrogen-bond donors (Lipinski definition) is 3. The summed E-state index contributed by atoms with van der Waals surface area (Å²) < 4.78 is 0. The first-order valence-corrected chi connectivity index (χ1v) is 7.23. The minimum atomic E-state index is -0.272. The van der Waals surface area contributed by atoms with Gasteiger partial charge >= 0.3 is 0 Å². The highest BCUT2D eigenvalue weighted by Crippen LogP contribution is 2.28. The fraction of sp³-hybridized carbons (Fsp3) is 0.200. The lowest BCUT2D eigenvalue weighted by molar-refractivity contribution is 0.0698. The second-order valence-corrected chi connectivity index (χ2v) is 5.22. The van der Waals surface area contributed by atoms with Gasteiger partial charge in [-0.05, 0) is 6.07 Å². The van der Waals surface area contributed by atoms with Crippen molar-refractivity contribution in [3.63, 3.8) is 0 Å². The van der Waals surface area contributed by atoms with Crippen molar-refractivity contribution in [1.82, 2.24) is 19.9 Å². The van der Waals surface area contributed by atoms with E-state index >= 15 is 0 Å². The first kappa shape index (κ1) is 14.6. The van der Waals surface area contributed by atoms with Crippen LogP contribution in [-0.4, -0.2) is 44.0 Å². The largest absolute Gasteiger partial charge is 0.395 e. The fourth-order valence-corrected chi connectivity index (χ4v) is 2.64. The van der Waals surface area contributed by atoms with Gasteiger partial charge in [0.15, 0.2) is 0 Å². The number of fused-ring (bicyclic) bond motifs is 1. The third-order valence-electron chi connectivity index (χ3n) is 3.41. The van der Waals surface area contributed by atoms with E-state index in [2.05, 4.69) is 15.0 Å². The Kier molecular flexibility index (Phi) is 4.13. The molecular weight excluding hydrogens is 304 g/mol. The van der Waals surface area contributed by atoms with E-state index in [9.17, 15) is 9.90 Å². The molecule has 0 bridgehead atoms. The van der Waals surface area contributed by atoms with Gasteiger partial charge < -0.3 is 20.0 Å². The molecule has 6 nitrogen and oxygen atoms in total. The Morgan fingerprint density at radius 3 is 2.86 bits per heavy atom. The maximum absolute atomic E-state index is 12.7. The molecule has 2 heterocycles. The molecule has 0 spiro atoms. The Bertz CT molecular complexity index is 782. The number of aromatic amines is 2. The van der Waals surface area contributed by atoms with Crippen LogP contribution < -0.4 is 0 Å². The Hall–Kier alpha value is -2.31. The quantitative estimate of drug-likeness (QED) is 0.674. The average Bonchev–Trinajstić information content (AvgIpc) is 3.15. The van der Waals surface area contributed by atoms with Crippen LogP contribution in [0.2, 0.25) is 5.02 Å². The SMILES string of the molecule is O=C(c1[nH]c2ccccc2c1Cl)N(CCO)Cc1ncc[nH]1. The molecule has 0 atom stereocenters. The zero-order valence-corrected chi connectivity index (χ0v) is 12.5. The number of aliphatic hydroxyl groups excluding tert-OH is 1. The fourth-order valence-electron chi connectivity index (χ4n) is 2.35. The van der Waals surface area contributed by atoms with Crippen LogP contribution in [0, 0.1) is 0 Å². The van der Waals surface area contributed by atoms with Crippen LogP contribution in [0.4, 0.5) is 0 Å². The van der Waals surface area contributed by atoms with Crippen LogP contribution in [0.15, 0.2) is 36.7 Å². The normalized spacial score (nSPS) is 11.0. The van der Waals surface area contributed by atoms with Crippen molar-refractivity contribution in [1.29, 1.82) is 0 Å². The van der Waals surface area contributed by atoms with Gasteiger partial charge in [-0.2, -0.15) is 0 Å². The third kappa shape index (κ3) is 2.70. The van der Waals surface area contributed by atoms with Gasteiger partial charge in [0.2, 0.25) is 0 Å². The zero-order chi connectivity index (χ0) is 15.5. The summed E-state index contributed by atoms with van der Waals surface area (Å²) in [4.78, 5) is 24.3. The second kappa shape index (κ2) is 6.21. The summed E-state index contributed by atoms with van der Waals surface area (Å²) in [5.41, 5.74) is 1.13. The first-order valence-electron chi connectivity index (χ1n) is 6.85. The number of hydrogen-bond acceptors (Lipinski definition) is 3. The number of H-pyrrole nitrogens is 2. The van der Waals surface area contributed by atoms with Gasteiger partial charge in [-0.1, -0.05) is 29.8 Å². The van der Waals surface area contributed by atoms with E-state index in [1.54, 1.807) is 12.4 Å². The molecule has 1 amide bonds. The molecule has 0 aliphatic carbocycles. The number of halogens is 1. The van der Waals surface area contributed by atoms with Gasteiger partial charge in [-0.3, -0.25) is 4.79 Å². The molecule has 0 unspecified atom stereocenters. The van der Waals surface area contributed by atoms with Gasteiger partial charge in [-0.15, -0.1) is 0 Å². The van der Waals surface area contributed by atoms with Crippen LogP contribution >= 0.6 is 11.6 Å². The number of imidazole rings is 1. The van der Waals surface area contributed by atoms with Crippen molar-refractivity contribution in [2.24, 2.45) is 0 Å². The van der Waals surface area contributed by atoms with E-state index in [4.69, 9.17) is 11.6 Å². The molecule has 0 saturated carbocycles. The number of carbonyl (C=O) groups is 1. The van der Waals surface area contributed by atoms with Crippen LogP contribution in [-0.2, 0) is 6.54 Å². The number of rotatable bonds is 5. The van der Waals surface area contributed by atoms with Crippen LogP contribution in [0.3, 0.4) is 0 Å². The number of carbonyl (C=O) groups excluding carboxylic acids is 1. The number of nitrogens with one attached hydrogen (secondary N) is 2. The Morgan fingerprint density at radius 1 is 1.36 bits per heavy atom. The smallest absolute Gasteiger partial charge is 0.272 e. The number of para-hydroxylation sites is 1. The van der Waals surface area contributed by atoms with Crippen LogP contribution in [0.1, 0.15) is 16.3 Å². The lowest BCUT2D eigenvalue weighted by Crippen LogP contribution is -2.33. The van der Waals surface area contributed by atoms with E-state index in [0.717, 1.165) is 10.9 Å². The molecule has 0 aliphatic heterocycles. The minimum Gasteiger partial charge on any atom is -0.395 e. The zero-order valence-electron chi connectivity index (χ0n) is 11.7. The molecule has 3 N–H and O–H groups in total. The molecule has 2 aromatic heterocycles.